The van der Waals surface area contributed by atoms with Crippen LogP contribution in [0.15, 0.2) is 36.8 Å². The van der Waals surface area contributed by atoms with E-state index >= 15 is 0 Å². The van der Waals surface area contributed by atoms with Crippen molar-refractivity contribution in [3.63, 3.8) is 0 Å². The van der Waals surface area contributed by atoms with Gasteiger partial charge in [-0.1, -0.05) is 24.6 Å². The number of aryl methyl sites for hydroxylation is 1. The van der Waals surface area contributed by atoms with Crippen molar-refractivity contribution in [2.45, 2.75) is 26.3 Å². The summed E-state index contributed by atoms with van der Waals surface area (Å²) in [6.07, 6.45) is 4.08. The van der Waals surface area contributed by atoms with Gasteiger partial charge in [0, 0.05) is 0 Å². The zero-order valence-electron chi connectivity index (χ0n) is 12.7. The van der Waals surface area contributed by atoms with Gasteiger partial charge in [0.1, 0.15) is 12.1 Å². The minimum absolute atomic E-state index is 0.0270. The molecule has 6 heteroatoms. The van der Waals surface area contributed by atoms with Gasteiger partial charge in [-0.15, -0.1) is 0 Å². The number of rotatable bonds is 5. The van der Waals surface area contributed by atoms with Gasteiger partial charge in [-0.2, -0.15) is 5.10 Å². The van der Waals surface area contributed by atoms with Crippen molar-refractivity contribution in [1.29, 1.82) is 0 Å². The van der Waals surface area contributed by atoms with E-state index < -0.39 is 0 Å². The fourth-order valence-electron chi connectivity index (χ4n) is 2.30. The highest BCUT2D eigenvalue weighted by molar-refractivity contribution is 5.87. The van der Waals surface area contributed by atoms with Crippen molar-refractivity contribution in [3.8, 4) is 5.69 Å². The van der Waals surface area contributed by atoms with E-state index in [1.165, 1.54) is 11.9 Å². The van der Waals surface area contributed by atoms with Crippen molar-refractivity contribution in [2.75, 3.05) is 11.9 Å². The summed E-state index contributed by atoms with van der Waals surface area (Å²) < 4.78 is 1.79. The van der Waals surface area contributed by atoms with E-state index in [4.69, 9.17) is 0 Å². The molecular formula is C16H19N5O. The van der Waals surface area contributed by atoms with E-state index in [0.717, 1.165) is 23.1 Å². The average Bonchev–Trinajstić information content (AvgIpc) is 2.98. The van der Waals surface area contributed by atoms with Crippen LogP contribution in [0.2, 0.25) is 0 Å². The summed E-state index contributed by atoms with van der Waals surface area (Å²) in [7, 11) is 0. The third-order valence-corrected chi connectivity index (χ3v) is 3.70. The summed E-state index contributed by atoms with van der Waals surface area (Å²) in [5.74, 6) is 0.698. The largest absolute Gasteiger partial charge is 0.394 e. The Labute approximate surface area is 128 Å². The minimum atomic E-state index is -0.0270. The molecule has 0 aliphatic rings. The highest BCUT2D eigenvalue weighted by atomic mass is 16.3. The van der Waals surface area contributed by atoms with Gasteiger partial charge in [-0.3, -0.25) is 0 Å². The number of nitrogens with one attached hydrogen (secondary N) is 1. The fourth-order valence-corrected chi connectivity index (χ4v) is 2.30. The van der Waals surface area contributed by atoms with Crippen molar-refractivity contribution in [1.82, 2.24) is 19.7 Å². The van der Waals surface area contributed by atoms with Crippen LogP contribution in [0, 0.1) is 6.92 Å². The molecule has 3 rings (SSSR count). The predicted molar refractivity (Wildman–Crippen MR) is 86.2 cm³/mol. The summed E-state index contributed by atoms with van der Waals surface area (Å²) in [4.78, 5) is 8.62. The van der Waals surface area contributed by atoms with Gasteiger partial charge in [0.2, 0.25) is 0 Å². The first-order valence-corrected chi connectivity index (χ1v) is 7.36. The van der Waals surface area contributed by atoms with E-state index in [0.29, 0.717) is 5.82 Å². The Bertz CT molecular complexity index is 762. The Morgan fingerprint density at radius 2 is 2.00 bits per heavy atom. The molecule has 114 valence electrons. The van der Waals surface area contributed by atoms with Crippen LogP contribution >= 0.6 is 0 Å². The maximum Gasteiger partial charge on any atom is 0.168 e. The molecule has 2 heterocycles. The van der Waals surface area contributed by atoms with Crippen LogP contribution in [0.5, 0.6) is 0 Å². The normalized spacial score (nSPS) is 12.5. The highest BCUT2D eigenvalue weighted by Crippen LogP contribution is 2.22. The number of aromatic nitrogens is 4. The minimum Gasteiger partial charge on any atom is -0.394 e. The average molecular weight is 297 g/mol. The summed E-state index contributed by atoms with van der Waals surface area (Å²) in [6.45, 7) is 4.13. The second kappa shape index (κ2) is 6.11. The van der Waals surface area contributed by atoms with Gasteiger partial charge >= 0.3 is 0 Å². The standard InChI is InChI=1S/C16H19N5O/c1-3-12(9-22)20-15-14-8-19-21(16(14)18-10-17-15)13-6-4-11(2)5-7-13/h4-8,10,12,22H,3,9H2,1-2H3,(H,17,18,20)/t12-/m1/s1. The Morgan fingerprint density at radius 3 is 2.68 bits per heavy atom. The van der Waals surface area contributed by atoms with Crippen LogP contribution in [-0.2, 0) is 0 Å². The zero-order chi connectivity index (χ0) is 15.5. The molecule has 1 aromatic carbocycles. The number of hydrogen-bond acceptors (Lipinski definition) is 5. The lowest BCUT2D eigenvalue weighted by atomic mass is 10.2. The molecule has 0 bridgehead atoms. The van der Waals surface area contributed by atoms with E-state index in [1.54, 1.807) is 10.9 Å². The second-order valence-electron chi connectivity index (χ2n) is 5.28. The highest BCUT2D eigenvalue weighted by Gasteiger charge is 2.13. The molecule has 0 saturated carbocycles. The first-order chi connectivity index (χ1) is 10.7. The molecule has 0 radical (unpaired) electrons. The summed E-state index contributed by atoms with van der Waals surface area (Å²) in [5, 5.41) is 17.9. The molecular weight excluding hydrogens is 278 g/mol. The van der Waals surface area contributed by atoms with Gasteiger partial charge in [0.05, 0.1) is 29.9 Å². The molecule has 0 unspecified atom stereocenters. The molecule has 0 aliphatic carbocycles. The number of benzene rings is 1. The number of hydrogen-bond donors (Lipinski definition) is 2. The molecule has 3 aromatic rings. The molecule has 2 N–H and O–H groups in total. The Balaban J connectivity index is 2.03. The molecule has 6 nitrogen and oxygen atoms in total. The van der Waals surface area contributed by atoms with Crippen LogP contribution in [0.3, 0.4) is 0 Å². The van der Waals surface area contributed by atoms with Crippen LogP contribution in [0.25, 0.3) is 16.7 Å². The second-order valence-corrected chi connectivity index (χ2v) is 5.28. The molecule has 0 spiro atoms. The topological polar surface area (TPSA) is 75.9 Å². The maximum atomic E-state index is 9.34. The first kappa shape index (κ1) is 14.5. The lowest BCUT2D eigenvalue weighted by Crippen LogP contribution is -2.23. The van der Waals surface area contributed by atoms with Crippen LogP contribution in [-0.4, -0.2) is 37.5 Å². The van der Waals surface area contributed by atoms with Crippen molar-refractivity contribution >= 4 is 16.9 Å². The van der Waals surface area contributed by atoms with Crippen molar-refractivity contribution < 1.29 is 5.11 Å². The summed E-state index contributed by atoms with van der Waals surface area (Å²) in [6, 6.07) is 8.09. The maximum absolute atomic E-state index is 9.34. The van der Waals surface area contributed by atoms with E-state index in [-0.39, 0.29) is 12.6 Å². The molecule has 1 atom stereocenters. The predicted octanol–water partition coefficient (Wildman–Crippen LogP) is 2.31. The summed E-state index contributed by atoms with van der Waals surface area (Å²) >= 11 is 0. The lowest BCUT2D eigenvalue weighted by Gasteiger charge is -2.14. The number of fused-ring (bicyclic) bond motifs is 1. The monoisotopic (exact) mass is 297 g/mol. The molecule has 0 aliphatic heterocycles. The molecule has 22 heavy (non-hydrogen) atoms. The van der Waals surface area contributed by atoms with Crippen LogP contribution in [0.1, 0.15) is 18.9 Å². The van der Waals surface area contributed by atoms with Gasteiger partial charge in [0.25, 0.3) is 0 Å². The molecule has 0 amide bonds. The number of aliphatic hydroxyl groups is 1. The third kappa shape index (κ3) is 2.65. The Hall–Kier alpha value is -2.47. The zero-order valence-corrected chi connectivity index (χ0v) is 12.7. The quantitative estimate of drug-likeness (QED) is 0.756. The third-order valence-electron chi connectivity index (χ3n) is 3.70. The van der Waals surface area contributed by atoms with Gasteiger partial charge in [0.15, 0.2) is 5.65 Å². The van der Waals surface area contributed by atoms with Crippen LogP contribution < -0.4 is 5.32 Å². The smallest absolute Gasteiger partial charge is 0.168 e. The Morgan fingerprint density at radius 1 is 1.23 bits per heavy atom. The fraction of sp³-hybridized carbons (Fsp3) is 0.312. The number of nitrogens with zero attached hydrogens (tertiary/aromatic N) is 4. The number of anilines is 1. The summed E-state index contributed by atoms with van der Waals surface area (Å²) in [5.41, 5.74) is 2.90. The SMILES string of the molecule is CC[C@H](CO)Nc1ncnc2c1cnn2-c1ccc(C)cc1. The molecule has 0 fully saturated rings. The lowest BCUT2D eigenvalue weighted by molar-refractivity contribution is 0.271. The van der Waals surface area contributed by atoms with Gasteiger partial charge < -0.3 is 10.4 Å². The van der Waals surface area contributed by atoms with Gasteiger partial charge in [-0.05, 0) is 25.5 Å². The first-order valence-electron chi connectivity index (χ1n) is 7.36. The van der Waals surface area contributed by atoms with E-state index in [2.05, 4.69) is 27.3 Å². The molecule has 2 aromatic heterocycles. The van der Waals surface area contributed by atoms with Crippen molar-refractivity contribution in [2.24, 2.45) is 0 Å². The van der Waals surface area contributed by atoms with Crippen molar-refractivity contribution in [3.05, 3.63) is 42.4 Å². The van der Waals surface area contributed by atoms with Gasteiger partial charge in [-0.25, -0.2) is 14.6 Å². The van der Waals surface area contributed by atoms with E-state index in [9.17, 15) is 5.11 Å². The molecule has 0 saturated heterocycles. The number of aliphatic hydroxyl groups excluding tert-OH is 1. The Kier molecular flexibility index (Phi) is 4.02. The van der Waals surface area contributed by atoms with Crippen LogP contribution in [0.4, 0.5) is 5.82 Å². The van der Waals surface area contributed by atoms with E-state index in [1.807, 2.05) is 31.2 Å².